The molecule has 2 amide bonds. The van der Waals surface area contributed by atoms with E-state index in [1.54, 1.807) is 30.1 Å². The topological polar surface area (TPSA) is 106 Å². The fourth-order valence-corrected chi connectivity index (χ4v) is 6.60. The van der Waals surface area contributed by atoms with Crippen LogP contribution in [0, 0.1) is 5.92 Å². The molecular formula is C31H35F3N4O5S. The van der Waals surface area contributed by atoms with Gasteiger partial charge < -0.3 is 29.4 Å². The summed E-state index contributed by atoms with van der Waals surface area (Å²) in [5, 5.41) is 13.0. The van der Waals surface area contributed by atoms with Crippen LogP contribution in [-0.2, 0) is 39.3 Å². The predicted octanol–water partition coefficient (Wildman–Crippen LogP) is 4.67. The van der Waals surface area contributed by atoms with Gasteiger partial charge in [0.05, 0.1) is 18.8 Å². The summed E-state index contributed by atoms with van der Waals surface area (Å²) in [5.74, 6) is -1.94. The van der Waals surface area contributed by atoms with Gasteiger partial charge in [0.25, 0.3) is 0 Å². The number of hydrogen-bond donors (Lipinski definition) is 2. The molecule has 2 saturated heterocycles. The smallest absolute Gasteiger partial charge is 0.392 e. The van der Waals surface area contributed by atoms with E-state index in [0.29, 0.717) is 17.1 Å². The van der Waals surface area contributed by atoms with Crippen molar-refractivity contribution in [2.75, 3.05) is 12.3 Å². The number of alkyl halides is 3. The van der Waals surface area contributed by atoms with Crippen LogP contribution in [0.1, 0.15) is 54.4 Å². The second kappa shape index (κ2) is 13.7. The minimum absolute atomic E-state index is 0.00728. The number of aromatic nitrogens is 2. The predicted molar refractivity (Wildman–Crippen MR) is 156 cm³/mol. The number of amides is 2. The Morgan fingerprint density at radius 3 is 2.39 bits per heavy atom. The molecule has 5 atom stereocenters. The summed E-state index contributed by atoms with van der Waals surface area (Å²) < 4.78 is 53.7. The third-order valence-corrected chi connectivity index (χ3v) is 9.20. The van der Waals surface area contributed by atoms with Gasteiger partial charge in [0.1, 0.15) is 6.04 Å². The first kappa shape index (κ1) is 32.0. The Kier molecular flexibility index (Phi) is 9.98. The van der Waals surface area contributed by atoms with E-state index in [-0.39, 0.29) is 44.2 Å². The van der Waals surface area contributed by atoms with Gasteiger partial charge in [0.2, 0.25) is 5.91 Å². The summed E-state index contributed by atoms with van der Waals surface area (Å²) in [7, 11) is 1.94. The molecule has 0 unspecified atom stereocenters. The van der Waals surface area contributed by atoms with E-state index < -0.39 is 30.3 Å². The number of carbonyl (C=O) groups is 2. The number of carbonyl (C=O) groups excluding carboxylic acids is 2. The Labute approximate surface area is 257 Å². The Morgan fingerprint density at radius 1 is 1.07 bits per heavy atom. The maximum Gasteiger partial charge on any atom is 0.471 e. The van der Waals surface area contributed by atoms with Crippen molar-refractivity contribution in [1.82, 2.24) is 19.8 Å². The van der Waals surface area contributed by atoms with E-state index in [2.05, 4.69) is 17.2 Å². The van der Waals surface area contributed by atoms with E-state index >= 15 is 0 Å². The molecule has 1 aromatic heterocycles. The van der Waals surface area contributed by atoms with Gasteiger partial charge in [-0.25, -0.2) is 4.98 Å². The lowest BCUT2D eigenvalue weighted by Gasteiger charge is -2.41. The number of hydrogen-bond acceptors (Lipinski definition) is 7. The zero-order chi connectivity index (χ0) is 31.4. The number of aliphatic hydroxyl groups is 1. The zero-order valence-corrected chi connectivity index (χ0v) is 25.2. The molecule has 2 aliphatic rings. The van der Waals surface area contributed by atoms with Crippen molar-refractivity contribution < 1.29 is 37.3 Å². The van der Waals surface area contributed by atoms with Crippen LogP contribution in [0.4, 0.5) is 13.2 Å². The number of halogens is 3. The average molecular weight is 633 g/mol. The number of ether oxygens (including phenoxy) is 2. The molecule has 2 N–H and O–H groups in total. The fourth-order valence-electron chi connectivity index (χ4n) is 5.50. The first-order valence-electron chi connectivity index (χ1n) is 14.4. The maximum atomic E-state index is 12.9. The molecule has 2 fully saturated rings. The minimum atomic E-state index is -5.02. The number of likely N-dealkylation sites (tertiary alicyclic amines) is 1. The van der Waals surface area contributed by atoms with Gasteiger partial charge >= 0.3 is 12.1 Å². The largest absolute Gasteiger partial charge is 0.471 e. The number of nitrogens with zero attached hydrogens (tertiary/aromatic N) is 3. The van der Waals surface area contributed by atoms with Gasteiger partial charge in [-0.2, -0.15) is 13.2 Å². The Hall–Kier alpha value is -3.39. The molecule has 236 valence electrons. The summed E-state index contributed by atoms with van der Waals surface area (Å²) in [5.41, 5.74) is 3.28. The summed E-state index contributed by atoms with van der Waals surface area (Å²) in [6.07, 6.45) is -1.98. The van der Waals surface area contributed by atoms with Crippen LogP contribution in [0.25, 0.3) is 0 Å². The number of rotatable bonds is 9. The summed E-state index contributed by atoms with van der Waals surface area (Å²) >= 11 is 1.60. The minimum Gasteiger partial charge on any atom is -0.392 e. The van der Waals surface area contributed by atoms with Crippen LogP contribution in [0.5, 0.6) is 0 Å². The molecular weight excluding hydrogens is 597 g/mol. The molecule has 0 radical (unpaired) electrons. The van der Waals surface area contributed by atoms with Gasteiger partial charge in [0, 0.05) is 49.8 Å². The highest BCUT2D eigenvalue weighted by molar-refractivity contribution is 7.99. The maximum absolute atomic E-state index is 12.9. The Balaban J connectivity index is 1.26. The Bertz CT molecular complexity index is 1430. The first-order chi connectivity index (χ1) is 21.0. The zero-order valence-electron chi connectivity index (χ0n) is 24.4. The lowest BCUT2D eigenvalue weighted by atomic mass is 9.91. The fraction of sp³-hybridized carbons (Fsp3) is 0.452. The monoisotopic (exact) mass is 632 g/mol. The van der Waals surface area contributed by atoms with Gasteiger partial charge in [-0.1, -0.05) is 67.2 Å². The van der Waals surface area contributed by atoms with Crippen LogP contribution in [0.15, 0.2) is 66.1 Å². The van der Waals surface area contributed by atoms with E-state index in [9.17, 15) is 27.9 Å². The second-order valence-electron chi connectivity index (χ2n) is 11.1. The van der Waals surface area contributed by atoms with Crippen LogP contribution >= 0.6 is 11.8 Å². The Morgan fingerprint density at radius 2 is 1.75 bits per heavy atom. The van der Waals surface area contributed by atoms with Gasteiger partial charge in [-0.15, -0.1) is 0 Å². The second-order valence-corrected chi connectivity index (χ2v) is 12.1. The number of imidazole rings is 1. The average Bonchev–Trinajstić information content (AvgIpc) is 3.68. The van der Waals surface area contributed by atoms with E-state index in [4.69, 9.17) is 9.47 Å². The number of aryl methyl sites for hydroxylation is 1. The van der Waals surface area contributed by atoms with Crippen LogP contribution in [0.3, 0.4) is 0 Å². The van der Waals surface area contributed by atoms with Crippen molar-refractivity contribution in [1.29, 1.82) is 0 Å². The normalized spacial score (nSPS) is 24.0. The van der Waals surface area contributed by atoms with E-state index in [0.717, 1.165) is 27.4 Å². The SMILES string of the molecule is C[C@@H]1[C@H](CSc2nccn2C)O[C@H](c2ccc(CNC(=O)[C@@H]3CCCN3C(=O)C(F)(F)F)cc2)O[C@@H]1c1ccc(CO)cc1. The van der Waals surface area contributed by atoms with Crippen molar-refractivity contribution in [2.45, 2.75) is 68.8 Å². The highest BCUT2D eigenvalue weighted by atomic mass is 32.2. The molecule has 9 nitrogen and oxygen atoms in total. The first-order valence-corrected chi connectivity index (χ1v) is 15.4. The summed E-state index contributed by atoms with van der Waals surface area (Å²) in [4.78, 5) is 29.4. The standard InChI is InChI=1S/C31H35F3N4O5S/c1-19-25(18-44-30-35-13-15-37(30)2)42-28(43-26(19)22-9-7-21(17-39)8-10-22)23-11-5-20(6-12-23)16-36-27(40)24-4-3-14-38(24)29(41)31(32,33)34/h5-13,15,19,24-26,28,39H,3-4,14,16-18H2,1-2H3,(H,36,40)/t19-,24+,25+,26+,28+/m1/s1. The van der Waals surface area contributed by atoms with Crippen LogP contribution in [-0.4, -0.2) is 62.0 Å². The van der Waals surface area contributed by atoms with Crippen molar-refractivity contribution in [3.63, 3.8) is 0 Å². The van der Waals surface area contributed by atoms with Crippen molar-refractivity contribution in [2.24, 2.45) is 13.0 Å². The molecule has 5 rings (SSSR count). The molecule has 0 spiro atoms. The molecule has 44 heavy (non-hydrogen) atoms. The van der Waals surface area contributed by atoms with Gasteiger partial charge in [-0.3, -0.25) is 9.59 Å². The van der Waals surface area contributed by atoms with Crippen molar-refractivity contribution >= 4 is 23.6 Å². The van der Waals surface area contributed by atoms with Crippen LogP contribution in [0.2, 0.25) is 0 Å². The molecule has 13 heteroatoms. The van der Waals surface area contributed by atoms with Gasteiger partial charge in [0.15, 0.2) is 11.4 Å². The quantitative estimate of drug-likeness (QED) is 0.331. The third kappa shape index (κ3) is 7.28. The molecule has 0 aliphatic carbocycles. The van der Waals surface area contributed by atoms with Crippen molar-refractivity contribution in [3.05, 3.63) is 83.2 Å². The lowest BCUT2D eigenvalue weighted by molar-refractivity contribution is -0.268. The van der Waals surface area contributed by atoms with Gasteiger partial charge in [-0.05, 0) is 29.5 Å². The van der Waals surface area contributed by atoms with Crippen LogP contribution < -0.4 is 5.32 Å². The molecule has 2 aliphatic heterocycles. The highest BCUT2D eigenvalue weighted by Crippen LogP contribution is 2.43. The number of benzene rings is 2. The van der Waals surface area contributed by atoms with Crippen molar-refractivity contribution in [3.8, 4) is 0 Å². The lowest BCUT2D eigenvalue weighted by Crippen LogP contribution is -2.50. The molecule has 2 aromatic carbocycles. The molecule has 3 heterocycles. The van der Waals surface area contributed by atoms with E-state index in [1.807, 2.05) is 54.2 Å². The highest BCUT2D eigenvalue weighted by Gasteiger charge is 2.47. The molecule has 0 bridgehead atoms. The number of thioether (sulfide) groups is 1. The summed E-state index contributed by atoms with van der Waals surface area (Å²) in [6.45, 7) is 2.03. The molecule has 0 saturated carbocycles. The van der Waals surface area contributed by atoms with E-state index in [1.165, 1.54) is 0 Å². The number of aliphatic hydroxyl groups excluding tert-OH is 1. The molecule has 3 aromatic rings. The number of nitrogens with one attached hydrogen (secondary N) is 1. The summed E-state index contributed by atoms with van der Waals surface area (Å²) in [6, 6.07) is 13.8. The third-order valence-electron chi connectivity index (χ3n) is 8.05.